The van der Waals surface area contributed by atoms with Crippen LogP contribution in [0.3, 0.4) is 0 Å². The van der Waals surface area contributed by atoms with Crippen molar-refractivity contribution in [3.8, 4) is 5.75 Å². The van der Waals surface area contributed by atoms with Gasteiger partial charge in [-0.3, -0.25) is 4.90 Å². The summed E-state index contributed by atoms with van der Waals surface area (Å²) in [5, 5.41) is 2.61. The zero-order chi connectivity index (χ0) is 16.8. The van der Waals surface area contributed by atoms with Gasteiger partial charge in [-0.15, -0.1) is 0 Å². The largest absolute Gasteiger partial charge is 0.493 e. The molecule has 0 bridgehead atoms. The highest BCUT2D eigenvalue weighted by Crippen LogP contribution is 2.30. The van der Waals surface area contributed by atoms with Crippen LogP contribution in [0, 0.1) is 0 Å². The van der Waals surface area contributed by atoms with E-state index in [4.69, 9.17) is 10.5 Å². The fourth-order valence-corrected chi connectivity index (χ4v) is 3.48. The Kier molecular flexibility index (Phi) is 6.11. The summed E-state index contributed by atoms with van der Waals surface area (Å²) in [6.07, 6.45) is 5.77. The molecule has 3 nitrogen and oxygen atoms in total. The van der Waals surface area contributed by atoms with E-state index in [-0.39, 0.29) is 0 Å². The van der Waals surface area contributed by atoms with Crippen LogP contribution >= 0.6 is 0 Å². The predicted molar refractivity (Wildman–Crippen MR) is 101 cm³/mol. The van der Waals surface area contributed by atoms with E-state index >= 15 is 0 Å². The minimum atomic E-state index is 0.374. The van der Waals surface area contributed by atoms with Crippen LogP contribution in [0.5, 0.6) is 5.75 Å². The molecule has 1 saturated heterocycles. The number of hydrogen-bond acceptors (Lipinski definition) is 3. The third kappa shape index (κ3) is 4.28. The van der Waals surface area contributed by atoms with Gasteiger partial charge < -0.3 is 10.5 Å². The second-order valence-electron chi connectivity index (χ2n) is 6.93. The number of ether oxygens (including phenoxy) is 1. The number of nitrogens with zero attached hydrogens (tertiary/aromatic N) is 1. The molecule has 0 amide bonds. The van der Waals surface area contributed by atoms with Crippen molar-refractivity contribution in [2.24, 2.45) is 5.73 Å². The molecule has 1 fully saturated rings. The van der Waals surface area contributed by atoms with Gasteiger partial charge in [-0.2, -0.15) is 0 Å². The number of rotatable bonds is 7. The highest BCUT2D eigenvalue weighted by Gasteiger charge is 2.19. The molecule has 0 radical (unpaired) electrons. The second-order valence-corrected chi connectivity index (χ2v) is 6.93. The Morgan fingerprint density at radius 3 is 2.67 bits per heavy atom. The van der Waals surface area contributed by atoms with E-state index in [2.05, 4.69) is 48.2 Å². The summed E-state index contributed by atoms with van der Waals surface area (Å²) in [5.41, 5.74) is 7.39. The average Bonchev–Trinajstić information content (AvgIpc) is 2.62. The quantitative estimate of drug-likeness (QED) is 0.770. The number of hydrogen-bond donors (Lipinski definition) is 1. The van der Waals surface area contributed by atoms with Crippen LogP contribution in [-0.4, -0.2) is 30.6 Å². The van der Waals surface area contributed by atoms with Crippen LogP contribution in [0.15, 0.2) is 36.4 Å². The molecule has 1 aliphatic rings. The number of benzene rings is 2. The lowest BCUT2D eigenvalue weighted by Crippen LogP contribution is -2.39. The summed E-state index contributed by atoms with van der Waals surface area (Å²) in [5.74, 6) is 1.06. The van der Waals surface area contributed by atoms with E-state index < -0.39 is 0 Å². The molecule has 0 atom stereocenters. The molecular formula is C21H30N2O. The first-order valence-electron chi connectivity index (χ1n) is 9.39. The molecule has 3 rings (SSSR count). The summed E-state index contributed by atoms with van der Waals surface area (Å²) < 4.78 is 6.16. The van der Waals surface area contributed by atoms with Gasteiger partial charge in [-0.05, 0) is 49.2 Å². The van der Waals surface area contributed by atoms with Crippen molar-refractivity contribution >= 4 is 10.8 Å². The lowest BCUT2D eigenvalue weighted by molar-refractivity contribution is 0.202. The number of piperidine rings is 1. The average molecular weight is 326 g/mol. The molecule has 0 aromatic heterocycles. The third-order valence-corrected chi connectivity index (χ3v) is 5.02. The third-order valence-electron chi connectivity index (χ3n) is 5.02. The van der Waals surface area contributed by atoms with E-state index in [9.17, 15) is 0 Å². The highest BCUT2D eigenvalue weighted by atomic mass is 16.5. The van der Waals surface area contributed by atoms with Crippen LogP contribution in [0.1, 0.15) is 44.6 Å². The van der Waals surface area contributed by atoms with Crippen molar-refractivity contribution in [3.05, 3.63) is 42.0 Å². The monoisotopic (exact) mass is 326 g/mol. The minimum absolute atomic E-state index is 0.374. The summed E-state index contributed by atoms with van der Waals surface area (Å²) in [6.45, 7) is 6.16. The molecule has 0 unspecified atom stereocenters. The van der Waals surface area contributed by atoms with Crippen LogP contribution in [0.4, 0.5) is 0 Å². The summed E-state index contributed by atoms with van der Waals surface area (Å²) >= 11 is 0. The van der Waals surface area contributed by atoms with Gasteiger partial charge in [0, 0.05) is 18.2 Å². The molecule has 3 heteroatoms. The maximum absolute atomic E-state index is 6.16. The van der Waals surface area contributed by atoms with Crippen LogP contribution in [0.2, 0.25) is 0 Å². The molecule has 2 aromatic rings. The van der Waals surface area contributed by atoms with Crippen molar-refractivity contribution in [2.75, 3.05) is 19.7 Å². The maximum atomic E-state index is 6.16. The SMILES string of the molecule is CCCCCOc1ccc2ccccc2c1CN1CCC(N)CC1. The zero-order valence-electron chi connectivity index (χ0n) is 14.8. The number of fused-ring (bicyclic) bond motifs is 1. The van der Waals surface area contributed by atoms with E-state index in [0.717, 1.165) is 51.3 Å². The second kappa shape index (κ2) is 8.50. The molecule has 2 aromatic carbocycles. The Bertz CT molecular complexity index is 647. The van der Waals surface area contributed by atoms with E-state index in [1.807, 2.05) is 0 Å². The first kappa shape index (κ1) is 17.2. The lowest BCUT2D eigenvalue weighted by Gasteiger charge is -2.31. The molecule has 2 N–H and O–H groups in total. The molecule has 0 saturated carbocycles. The highest BCUT2D eigenvalue weighted by molar-refractivity contribution is 5.87. The lowest BCUT2D eigenvalue weighted by atomic mass is 10.0. The molecule has 130 valence electrons. The van der Waals surface area contributed by atoms with Gasteiger partial charge in [-0.25, -0.2) is 0 Å². The molecule has 1 aliphatic heterocycles. The van der Waals surface area contributed by atoms with Gasteiger partial charge in [0.1, 0.15) is 5.75 Å². The van der Waals surface area contributed by atoms with Gasteiger partial charge in [0.15, 0.2) is 0 Å². The molecule has 24 heavy (non-hydrogen) atoms. The van der Waals surface area contributed by atoms with E-state index in [1.165, 1.54) is 29.2 Å². The zero-order valence-corrected chi connectivity index (χ0v) is 14.8. The van der Waals surface area contributed by atoms with Gasteiger partial charge in [0.05, 0.1) is 6.61 Å². The molecule has 0 aliphatic carbocycles. The predicted octanol–water partition coefficient (Wildman–Crippen LogP) is 4.33. The van der Waals surface area contributed by atoms with Crippen molar-refractivity contribution in [3.63, 3.8) is 0 Å². The number of unbranched alkanes of at least 4 members (excludes halogenated alkanes) is 2. The Balaban J connectivity index is 1.81. The standard InChI is InChI=1S/C21H30N2O/c1-2-3-6-15-24-21-10-9-17-7-4-5-8-19(17)20(21)16-23-13-11-18(22)12-14-23/h4-5,7-10,18H,2-3,6,11-16,22H2,1H3. The molecule has 1 heterocycles. The normalized spacial score (nSPS) is 16.6. The minimum Gasteiger partial charge on any atom is -0.493 e. The van der Waals surface area contributed by atoms with Crippen molar-refractivity contribution in [1.82, 2.24) is 4.90 Å². The van der Waals surface area contributed by atoms with Gasteiger partial charge in [-0.1, -0.05) is 50.1 Å². The van der Waals surface area contributed by atoms with E-state index in [0.29, 0.717) is 6.04 Å². The first-order valence-corrected chi connectivity index (χ1v) is 9.39. The smallest absolute Gasteiger partial charge is 0.124 e. The van der Waals surface area contributed by atoms with Gasteiger partial charge in [0.25, 0.3) is 0 Å². The van der Waals surface area contributed by atoms with Crippen molar-refractivity contribution in [1.29, 1.82) is 0 Å². The van der Waals surface area contributed by atoms with Crippen LogP contribution in [-0.2, 0) is 6.54 Å². The number of likely N-dealkylation sites (tertiary alicyclic amines) is 1. The van der Waals surface area contributed by atoms with Gasteiger partial charge >= 0.3 is 0 Å². The van der Waals surface area contributed by atoms with Crippen molar-refractivity contribution < 1.29 is 4.74 Å². The Morgan fingerprint density at radius 2 is 1.88 bits per heavy atom. The maximum Gasteiger partial charge on any atom is 0.124 e. The number of nitrogens with two attached hydrogens (primary N) is 1. The summed E-state index contributed by atoms with van der Waals surface area (Å²) in [7, 11) is 0. The molecule has 0 spiro atoms. The molecular weight excluding hydrogens is 296 g/mol. The Hall–Kier alpha value is -1.58. The first-order chi connectivity index (χ1) is 11.8. The van der Waals surface area contributed by atoms with E-state index in [1.54, 1.807) is 0 Å². The Labute approximate surface area is 145 Å². The van der Waals surface area contributed by atoms with Gasteiger partial charge in [0.2, 0.25) is 0 Å². The summed E-state index contributed by atoms with van der Waals surface area (Å²) in [6, 6.07) is 13.3. The summed E-state index contributed by atoms with van der Waals surface area (Å²) in [4.78, 5) is 2.52. The van der Waals surface area contributed by atoms with Crippen LogP contribution < -0.4 is 10.5 Å². The fraction of sp³-hybridized carbons (Fsp3) is 0.524. The fourth-order valence-electron chi connectivity index (χ4n) is 3.48. The van der Waals surface area contributed by atoms with Crippen molar-refractivity contribution in [2.45, 2.75) is 51.6 Å². The Morgan fingerprint density at radius 1 is 1.08 bits per heavy atom. The topological polar surface area (TPSA) is 38.5 Å². The van der Waals surface area contributed by atoms with Crippen LogP contribution in [0.25, 0.3) is 10.8 Å².